The van der Waals surface area contributed by atoms with Gasteiger partial charge in [0.2, 0.25) is 5.78 Å². The Balaban J connectivity index is 2.18. The zero-order chi connectivity index (χ0) is 22.5. The molecule has 0 saturated carbocycles. The number of benzene rings is 1. The summed E-state index contributed by atoms with van der Waals surface area (Å²) in [6, 6.07) is 7.35. The van der Waals surface area contributed by atoms with Gasteiger partial charge in [-0.15, -0.1) is 0 Å². The van der Waals surface area contributed by atoms with Crippen molar-refractivity contribution in [1.29, 1.82) is 0 Å². The Kier molecular flexibility index (Phi) is 6.91. The third-order valence-corrected chi connectivity index (χ3v) is 5.28. The van der Waals surface area contributed by atoms with Crippen LogP contribution in [0.1, 0.15) is 23.6 Å². The summed E-state index contributed by atoms with van der Waals surface area (Å²) in [5, 5.41) is 13.3. The molecule has 1 saturated heterocycles. The molecule has 0 spiro atoms. The highest BCUT2D eigenvalue weighted by Crippen LogP contribution is 2.43. The Morgan fingerprint density at radius 1 is 1.13 bits per heavy atom. The summed E-state index contributed by atoms with van der Waals surface area (Å²) >= 11 is 0. The molecule has 1 fully saturated rings. The van der Waals surface area contributed by atoms with Gasteiger partial charge in [0.1, 0.15) is 11.5 Å². The van der Waals surface area contributed by atoms with Crippen molar-refractivity contribution in [3.8, 4) is 11.5 Å². The second kappa shape index (κ2) is 9.61. The van der Waals surface area contributed by atoms with E-state index in [1.54, 1.807) is 18.2 Å². The smallest absolute Gasteiger partial charge is 0.295 e. The van der Waals surface area contributed by atoms with E-state index in [0.717, 1.165) is 6.54 Å². The number of aromatic nitrogens is 1. The predicted molar refractivity (Wildman–Crippen MR) is 112 cm³/mol. The largest absolute Gasteiger partial charge is 0.872 e. The van der Waals surface area contributed by atoms with E-state index in [1.165, 1.54) is 48.5 Å². The van der Waals surface area contributed by atoms with E-state index in [4.69, 9.17) is 9.47 Å². The second-order valence-electron chi connectivity index (χ2n) is 7.63. The van der Waals surface area contributed by atoms with Crippen LogP contribution in [-0.4, -0.2) is 63.0 Å². The highest BCUT2D eigenvalue weighted by Gasteiger charge is 2.45. The van der Waals surface area contributed by atoms with Crippen LogP contribution in [0.5, 0.6) is 11.5 Å². The molecule has 8 nitrogen and oxygen atoms in total. The molecule has 1 amide bonds. The van der Waals surface area contributed by atoms with Gasteiger partial charge >= 0.3 is 0 Å². The minimum Gasteiger partial charge on any atom is -0.872 e. The average Bonchev–Trinajstić information content (AvgIpc) is 3.03. The molecule has 0 aliphatic carbocycles. The SMILES string of the molecule is COc1ccc(OC)c(C2/C(=C(\[O-])c3ccncc3)C(=O)C(=O)N2CCC[NH+](C)C)c1. The number of nitrogens with zero attached hydrogens (tertiary/aromatic N) is 2. The molecule has 164 valence electrons. The van der Waals surface area contributed by atoms with Crippen LogP contribution in [0, 0.1) is 0 Å². The molecule has 8 heteroatoms. The van der Waals surface area contributed by atoms with E-state index in [9.17, 15) is 14.7 Å². The zero-order valence-corrected chi connectivity index (χ0v) is 18.2. The number of nitrogens with one attached hydrogen (secondary N) is 1. The van der Waals surface area contributed by atoms with Crippen molar-refractivity contribution in [2.24, 2.45) is 0 Å². The number of carbonyl (C=O) groups excluding carboxylic acids is 2. The fourth-order valence-corrected chi connectivity index (χ4v) is 3.74. The number of hydrogen-bond acceptors (Lipinski definition) is 6. The quantitative estimate of drug-likeness (QED) is 0.359. The van der Waals surface area contributed by atoms with Gasteiger partial charge < -0.3 is 24.4 Å². The maximum Gasteiger partial charge on any atom is 0.295 e. The first-order valence-corrected chi connectivity index (χ1v) is 10.1. The van der Waals surface area contributed by atoms with Gasteiger partial charge in [0.05, 0.1) is 40.9 Å². The van der Waals surface area contributed by atoms with Crippen molar-refractivity contribution in [2.45, 2.75) is 12.5 Å². The lowest BCUT2D eigenvalue weighted by Gasteiger charge is -2.29. The number of rotatable bonds is 8. The number of Topliss-reactive ketones (excluding diaryl/α,β-unsaturated/α-hetero) is 1. The van der Waals surface area contributed by atoms with Gasteiger partial charge in [-0.1, -0.05) is 5.76 Å². The van der Waals surface area contributed by atoms with Crippen molar-refractivity contribution in [3.63, 3.8) is 0 Å². The normalized spacial score (nSPS) is 18.0. The van der Waals surface area contributed by atoms with Crippen molar-refractivity contribution in [1.82, 2.24) is 9.88 Å². The van der Waals surface area contributed by atoms with Gasteiger partial charge in [0.15, 0.2) is 0 Å². The van der Waals surface area contributed by atoms with Gasteiger partial charge in [0, 0.05) is 36.5 Å². The highest BCUT2D eigenvalue weighted by molar-refractivity contribution is 6.46. The summed E-state index contributed by atoms with van der Waals surface area (Å²) < 4.78 is 10.9. The lowest BCUT2D eigenvalue weighted by atomic mass is 9.94. The van der Waals surface area contributed by atoms with Crippen molar-refractivity contribution < 1.29 is 29.1 Å². The van der Waals surface area contributed by atoms with E-state index in [1.807, 2.05) is 14.1 Å². The molecule has 1 N–H and O–H groups in total. The summed E-state index contributed by atoms with van der Waals surface area (Å²) in [5.74, 6) is -0.946. The summed E-state index contributed by atoms with van der Waals surface area (Å²) in [6.45, 7) is 1.15. The topological polar surface area (TPSA) is 96.2 Å². The van der Waals surface area contributed by atoms with E-state index in [-0.39, 0.29) is 5.57 Å². The van der Waals surface area contributed by atoms with Crippen molar-refractivity contribution in [3.05, 3.63) is 59.4 Å². The molecule has 1 unspecified atom stereocenters. The molecular formula is C23H27N3O5. The summed E-state index contributed by atoms with van der Waals surface area (Å²) in [4.78, 5) is 32.6. The van der Waals surface area contributed by atoms with Crippen LogP contribution in [0.25, 0.3) is 5.76 Å². The van der Waals surface area contributed by atoms with Gasteiger partial charge in [0.25, 0.3) is 5.91 Å². The molecule has 1 aliphatic heterocycles. The first-order chi connectivity index (χ1) is 14.9. The first-order valence-electron chi connectivity index (χ1n) is 10.1. The molecule has 2 aromatic rings. The maximum atomic E-state index is 13.3. The molecule has 1 atom stereocenters. The van der Waals surface area contributed by atoms with Gasteiger partial charge in [-0.05, 0) is 35.9 Å². The number of likely N-dealkylation sites (tertiary alicyclic amines) is 1. The van der Waals surface area contributed by atoms with Crippen LogP contribution < -0.4 is 19.5 Å². The third kappa shape index (κ3) is 4.54. The second-order valence-corrected chi connectivity index (χ2v) is 7.63. The van der Waals surface area contributed by atoms with Gasteiger partial charge in [-0.2, -0.15) is 0 Å². The van der Waals surface area contributed by atoms with Crippen LogP contribution in [-0.2, 0) is 9.59 Å². The third-order valence-electron chi connectivity index (χ3n) is 5.28. The molecule has 2 heterocycles. The molecule has 0 bridgehead atoms. The van der Waals surface area contributed by atoms with Crippen molar-refractivity contribution >= 4 is 17.4 Å². The van der Waals surface area contributed by atoms with Crippen LogP contribution in [0.4, 0.5) is 0 Å². The monoisotopic (exact) mass is 425 g/mol. The fraction of sp³-hybridized carbons (Fsp3) is 0.348. The Hall–Kier alpha value is -3.39. The summed E-state index contributed by atoms with van der Waals surface area (Å²) in [7, 11) is 7.07. The van der Waals surface area contributed by atoms with Gasteiger partial charge in [-0.25, -0.2) is 0 Å². The number of ether oxygens (including phenoxy) is 2. The molecule has 1 aromatic carbocycles. The van der Waals surface area contributed by atoms with E-state index < -0.39 is 23.5 Å². The Morgan fingerprint density at radius 2 is 1.84 bits per heavy atom. The first kappa shape index (κ1) is 22.3. The predicted octanol–water partition coefficient (Wildman–Crippen LogP) is -0.143. The zero-order valence-electron chi connectivity index (χ0n) is 18.2. The number of methoxy groups -OCH3 is 2. The van der Waals surface area contributed by atoms with Gasteiger partial charge in [-0.3, -0.25) is 14.6 Å². The lowest BCUT2D eigenvalue weighted by Crippen LogP contribution is -3.05. The molecule has 31 heavy (non-hydrogen) atoms. The Labute approximate surface area is 181 Å². The number of pyridine rings is 1. The molecule has 1 aromatic heterocycles. The van der Waals surface area contributed by atoms with Crippen LogP contribution in [0.3, 0.4) is 0 Å². The number of amides is 1. The lowest BCUT2D eigenvalue weighted by molar-refractivity contribution is -0.858. The molecular weight excluding hydrogens is 398 g/mol. The van der Waals surface area contributed by atoms with E-state index >= 15 is 0 Å². The van der Waals surface area contributed by atoms with Crippen LogP contribution >= 0.6 is 0 Å². The Morgan fingerprint density at radius 3 is 2.45 bits per heavy atom. The number of ketones is 1. The molecule has 0 radical (unpaired) electrons. The number of carbonyl (C=O) groups is 2. The average molecular weight is 425 g/mol. The number of quaternary nitrogens is 1. The summed E-state index contributed by atoms with van der Waals surface area (Å²) in [6.07, 6.45) is 3.64. The summed E-state index contributed by atoms with van der Waals surface area (Å²) in [5.41, 5.74) is 0.758. The van der Waals surface area contributed by atoms with E-state index in [2.05, 4.69) is 4.98 Å². The van der Waals surface area contributed by atoms with Crippen LogP contribution in [0.2, 0.25) is 0 Å². The fourth-order valence-electron chi connectivity index (χ4n) is 3.74. The van der Waals surface area contributed by atoms with Crippen molar-refractivity contribution in [2.75, 3.05) is 41.4 Å². The molecule has 3 rings (SSSR count). The maximum absolute atomic E-state index is 13.3. The van der Waals surface area contributed by atoms with E-state index in [0.29, 0.717) is 35.6 Å². The minimum atomic E-state index is -0.858. The molecule has 1 aliphatic rings. The highest BCUT2D eigenvalue weighted by atomic mass is 16.5. The minimum absolute atomic E-state index is 0.0834. The van der Waals surface area contributed by atoms with Crippen LogP contribution in [0.15, 0.2) is 48.3 Å². The Bertz CT molecular complexity index is 988. The number of hydrogen-bond donors (Lipinski definition) is 1. The standard InChI is InChI=1S/C23H27N3O5/c1-25(2)12-5-13-26-20(17-14-16(30-3)6-7-18(17)31-4)19(22(28)23(26)29)21(27)15-8-10-24-11-9-15/h6-11,14,20,27H,5,12-13H2,1-4H3/b21-19+.